The fraction of sp³-hybridized carbons (Fsp3) is 0.0714. The standard InChI is InChI=1S/C28H20N6/c1-17-7-3-9-19-21-15-24-22(16-23(21)27(31-25(17)19)33-13-5-11-29-33)20-10-4-8-18(2)26(20)32-28(24)34-14-6-12-30-34/h3-16H,1-2H3. The molecule has 0 unspecified atom stereocenters. The zero-order valence-corrected chi connectivity index (χ0v) is 18.8. The zero-order valence-electron chi connectivity index (χ0n) is 18.8. The summed E-state index contributed by atoms with van der Waals surface area (Å²) in [6, 6.07) is 21.0. The highest BCUT2D eigenvalue weighted by Gasteiger charge is 2.17. The molecule has 0 aliphatic carbocycles. The molecule has 7 aromatic rings. The SMILES string of the molecule is Cc1cccc2c1nc(-n1cccn1)c1cc3c(cc12)c(-n1cccn1)nc1c(C)cccc13. The van der Waals surface area contributed by atoms with Gasteiger partial charge in [-0.15, -0.1) is 0 Å². The van der Waals surface area contributed by atoms with Gasteiger partial charge in [-0.2, -0.15) is 10.2 Å². The van der Waals surface area contributed by atoms with Crippen molar-refractivity contribution in [3.8, 4) is 11.6 Å². The van der Waals surface area contributed by atoms with Gasteiger partial charge in [0.2, 0.25) is 0 Å². The fourth-order valence-electron chi connectivity index (χ4n) is 4.93. The lowest BCUT2D eigenvalue weighted by atomic mass is 9.97. The van der Waals surface area contributed by atoms with E-state index in [4.69, 9.17) is 9.97 Å². The number of aryl methyl sites for hydroxylation is 2. The van der Waals surface area contributed by atoms with Gasteiger partial charge in [0, 0.05) is 46.3 Å². The van der Waals surface area contributed by atoms with Gasteiger partial charge in [0.05, 0.1) is 11.0 Å². The van der Waals surface area contributed by atoms with Crippen LogP contribution in [0.3, 0.4) is 0 Å². The molecule has 4 aromatic heterocycles. The van der Waals surface area contributed by atoms with Crippen molar-refractivity contribution in [3.05, 3.63) is 96.6 Å². The Labute approximate surface area is 195 Å². The number of hydrogen-bond donors (Lipinski definition) is 0. The van der Waals surface area contributed by atoms with E-state index in [1.807, 2.05) is 33.9 Å². The van der Waals surface area contributed by atoms with Gasteiger partial charge in [0.15, 0.2) is 11.6 Å². The molecule has 0 saturated carbocycles. The maximum Gasteiger partial charge on any atom is 0.161 e. The smallest absolute Gasteiger partial charge is 0.161 e. The Kier molecular flexibility index (Phi) is 3.88. The second-order valence-corrected chi connectivity index (χ2v) is 8.66. The van der Waals surface area contributed by atoms with Crippen molar-refractivity contribution in [1.29, 1.82) is 0 Å². The highest BCUT2D eigenvalue weighted by Crippen LogP contribution is 2.37. The summed E-state index contributed by atoms with van der Waals surface area (Å²) in [5.74, 6) is 1.64. The van der Waals surface area contributed by atoms with E-state index in [2.05, 4.69) is 72.6 Å². The summed E-state index contributed by atoms with van der Waals surface area (Å²) in [6.45, 7) is 4.20. The summed E-state index contributed by atoms with van der Waals surface area (Å²) in [5.41, 5.74) is 4.22. The van der Waals surface area contributed by atoms with Gasteiger partial charge in [0.1, 0.15) is 0 Å². The molecule has 0 radical (unpaired) electrons. The van der Waals surface area contributed by atoms with Crippen molar-refractivity contribution in [2.24, 2.45) is 0 Å². The average Bonchev–Trinajstić information content (AvgIpc) is 3.58. The predicted octanol–water partition coefficient (Wildman–Crippen LogP) is 6.08. The van der Waals surface area contributed by atoms with Crippen LogP contribution in [0.2, 0.25) is 0 Å². The number of para-hydroxylation sites is 2. The Bertz CT molecular complexity index is 1730. The minimum absolute atomic E-state index is 0.821. The van der Waals surface area contributed by atoms with E-state index in [0.717, 1.165) is 66.1 Å². The van der Waals surface area contributed by atoms with Crippen LogP contribution in [0.1, 0.15) is 11.1 Å². The van der Waals surface area contributed by atoms with Crippen LogP contribution in [0.25, 0.3) is 55.0 Å². The molecule has 7 rings (SSSR count). The summed E-state index contributed by atoms with van der Waals surface area (Å²) >= 11 is 0. The summed E-state index contributed by atoms with van der Waals surface area (Å²) < 4.78 is 3.70. The molecule has 0 saturated heterocycles. The van der Waals surface area contributed by atoms with E-state index in [9.17, 15) is 0 Å². The van der Waals surface area contributed by atoms with Crippen LogP contribution >= 0.6 is 0 Å². The third-order valence-corrected chi connectivity index (χ3v) is 6.57. The first-order chi connectivity index (χ1) is 16.7. The number of aromatic nitrogens is 6. The van der Waals surface area contributed by atoms with Crippen LogP contribution in [0, 0.1) is 13.8 Å². The zero-order chi connectivity index (χ0) is 22.8. The van der Waals surface area contributed by atoms with Crippen LogP contribution in [-0.4, -0.2) is 29.5 Å². The maximum absolute atomic E-state index is 5.09. The number of fused-ring (bicyclic) bond motifs is 6. The van der Waals surface area contributed by atoms with Crippen molar-refractivity contribution < 1.29 is 0 Å². The third-order valence-electron chi connectivity index (χ3n) is 6.57. The highest BCUT2D eigenvalue weighted by atomic mass is 15.3. The normalized spacial score (nSPS) is 11.8. The van der Waals surface area contributed by atoms with E-state index >= 15 is 0 Å². The van der Waals surface area contributed by atoms with Gasteiger partial charge in [-0.1, -0.05) is 36.4 Å². The number of rotatable bonds is 2. The molecule has 4 heterocycles. The average molecular weight is 441 g/mol. The topological polar surface area (TPSA) is 61.4 Å². The lowest BCUT2D eigenvalue weighted by molar-refractivity contribution is 0.859. The number of benzene rings is 3. The van der Waals surface area contributed by atoms with Gasteiger partial charge in [-0.05, 0) is 60.0 Å². The first-order valence-corrected chi connectivity index (χ1v) is 11.3. The first-order valence-electron chi connectivity index (χ1n) is 11.3. The minimum Gasteiger partial charge on any atom is -0.228 e. The molecule has 0 atom stereocenters. The lowest BCUT2D eigenvalue weighted by Gasteiger charge is -2.16. The number of nitrogens with zero attached hydrogens (tertiary/aromatic N) is 6. The fourth-order valence-corrected chi connectivity index (χ4v) is 4.93. The second kappa shape index (κ2) is 6.96. The monoisotopic (exact) mass is 440 g/mol. The largest absolute Gasteiger partial charge is 0.228 e. The summed E-state index contributed by atoms with van der Waals surface area (Å²) in [7, 11) is 0. The lowest BCUT2D eigenvalue weighted by Crippen LogP contribution is -2.03. The molecule has 0 fully saturated rings. The van der Waals surface area contributed by atoms with E-state index in [-0.39, 0.29) is 0 Å². The molecule has 0 amide bonds. The van der Waals surface area contributed by atoms with Crippen molar-refractivity contribution in [1.82, 2.24) is 29.5 Å². The molecule has 162 valence electrons. The number of hydrogen-bond acceptors (Lipinski definition) is 4. The van der Waals surface area contributed by atoms with E-state index < -0.39 is 0 Å². The Morgan fingerprint density at radius 3 is 1.41 bits per heavy atom. The molecular formula is C28H20N6. The molecular weight excluding hydrogens is 420 g/mol. The van der Waals surface area contributed by atoms with E-state index in [1.165, 1.54) is 0 Å². The Hall–Kier alpha value is -4.58. The molecule has 0 spiro atoms. The van der Waals surface area contributed by atoms with Crippen LogP contribution in [0.5, 0.6) is 0 Å². The maximum atomic E-state index is 5.09. The summed E-state index contributed by atoms with van der Waals surface area (Å²) in [6.07, 6.45) is 7.46. The van der Waals surface area contributed by atoms with Gasteiger partial charge < -0.3 is 0 Å². The van der Waals surface area contributed by atoms with Gasteiger partial charge >= 0.3 is 0 Å². The Morgan fingerprint density at radius 2 is 1.00 bits per heavy atom. The van der Waals surface area contributed by atoms with Crippen molar-refractivity contribution in [2.45, 2.75) is 13.8 Å². The summed E-state index contributed by atoms with van der Waals surface area (Å²) in [5, 5.41) is 15.6. The van der Waals surface area contributed by atoms with Crippen molar-refractivity contribution in [3.63, 3.8) is 0 Å². The second-order valence-electron chi connectivity index (χ2n) is 8.66. The molecule has 6 nitrogen and oxygen atoms in total. The molecule has 0 aliphatic heterocycles. The molecule has 0 bridgehead atoms. The molecule has 0 N–H and O–H groups in total. The van der Waals surface area contributed by atoms with Gasteiger partial charge in [0.25, 0.3) is 0 Å². The van der Waals surface area contributed by atoms with Crippen LogP contribution < -0.4 is 0 Å². The molecule has 3 aromatic carbocycles. The van der Waals surface area contributed by atoms with Crippen molar-refractivity contribution in [2.75, 3.05) is 0 Å². The van der Waals surface area contributed by atoms with Crippen molar-refractivity contribution >= 4 is 43.4 Å². The Morgan fingerprint density at radius 1 is 0.529 bits per heavy atom. The molecule has 6 heteroatoms. The van der Waals surface area contributed by atoms with Crippen LogP contribution in [-0.2, 0) is 0 Å². The number of pyridine rings is 2. The summed E-state index contributed by atoms with van der Waals surface area (Å²) in [4.78, 5) is 10.2. The Balaban J connectivity index is 1.75. The van der Waals surface area contributed by atoms with Gasteiger partial charge in [-0.25, -0.2) is 19.3 Å². The third kappa shape index (κ3) is 2.62. The molecule has 34 heavy (non-hydrogen) atoms. The van der Waals surface area contributed by atoms with E-state index in [0.29, 0.717) is 0 Å². The first kappa shape index (κ1) is 18.9. The predicted molar refractivity (Wildman–Crippen MR) is 136 cm³/mol. The van der Waals surface area contributed by atoms with Crippen LogP contribution in [0.4, 0.5) is 0 Å². The molecule has 0 aliphatic rings. The van der Waals surface area contributed by atoms with Crippen LogP contribution in [0.15, 0.2) is 85.5 Å². The minimum atomic E-state index is 0.821. The van der Waals surface area contributed by atoms with Gasteiger partial charge in [-0.3, -0.25) is 0 Å². The quantitative estimate of drug-likeness (QED) is 0.242. The highest BCUT2D eigenvalue weighted by molar-refractivity contribution is 6.19. The van der Waals surface area contributed by atoms with E-state index in [1.54, 1.807) is 12.4 Å².